The molecule has 2 aromatic carbocycles. The van der Waals surface area contributed by atoms with Gasteiger partial charge in [-0.2, -0.15) is 5.10 Å². The van der Waals surface area contributed by atoms with Crippen LogP contribution in [0.5, 0.6) is 0 Å². The van der Waals surface area contributed by atoms with Crippen molar-refractivity contribution in [3.8, 4) is 0 Å². The molecular formula is C20H18FN3O2. The largest absolute Gasteiger partial charge is 0.326 e. The maximum Gasteiger partial charge on any atom is 0.270 e. The maximum atomic E-state index is 13.8. The third-order valence-corrected chi connectivity index (χ3v) is 4.86. The lowest BCUT2D eigenvalue weighted by molar-refractivity contribution is -0.126. The van der Waals surface area contributed by atoms with Gasteiger partial charge in [0, 0.05) is 19.4 Å². The number of halogens is 1. The monoisotopic (exact) mass is 351 g/mol. The molecule has 1 atom stereocenters. The van der Waals surface area contributed by atoms with Crippen molar-refractivity contribution in [3.05, 3.63) is 71.0 Å². The Labute approximate surface area is 150 Å². The summed E-state index contributed by atoms with van der Waals surface area (Å²) >= 11 is 0. The van der Waals surface area contributed by atoms with Gasteiger partial charge in [-0.1, -0.05) is 36.4 Å². The van der Waals surface area contributed by atoms with Gasteiger partial charge < -0.3 is 4.90 Å². The highest BCUT2D eigenvalue weighted by molar-refractivity contribution is 6.39. The SMILES string of the molecule is O=C1CCC(C(=O)N2CCc3ccccc3C2c2cccc(F)c2)=NN1. The molecule has 5 nitrogen and oxygen atoms in total. The minimum atomic E-state index is -0.372. The summed E-state index contributed by atoms with van der Waals surface area (Å²) in [7, 11) is 0. The standard InChI is InChI=1S/C20H18FN3O2/c21-15-6-3-5-14(12-15)19-16-7-2-1-4-13(16)10-11-24(19)20(26)17-8-9-18(25)23-22-17/h1-7,12,19H,8-11H2,(H,23,25). The highest BCUT2D eigenvalue weighted by atomic mass is 19.1. The van der Waals surface area contributed by atoms with E-state index in [1.807, 2.05) is 30.3 Å². The first-order chi connectivity index (χ1) is 12.6. The summed E-state index contributed by atoms with van der Waals surface area (Å²) in [5.74, 6) is -0.735. The van der Waals surface area contributed by atoms with Crippen LogP contribution >= 0.6 is 0 Å². The lowest BCUT2D eigenvalue weighted by Gasteiger charge is -2.38. The molecule has 2 aliphatic rings. The lowest BCUT2D eigenvalue weighted by atomic mass is 9.87. The van der Waals surface area contributed by atoms with E-state index in [2.05, 4.69) is 10.5 Å². The molecule has 6 heteroatoms. The van der Waals surface area contributed by atoms with Crippen LogP contribution in [0.4, 0.5) is 4.39 Å². The first-order valence-corrected chi connectivity index (χ1v) is 8.63. The number of benzene rings is 2. The van der Waals surface area contributed by atoms with E-state index in [4.69, 9.17) is 0 Å². The fourth-order valence-electron chi connectivity index (χ4n) is 3.62. The van der Waals surface area contributed by atoms with Gasteiger partial charge in [-0.05, 0) is 35.2 Å². The molecule has 0 fully saturated rings. The molecule has 0 aliphatic carbocycles. The van der Waals surface area contributed by atoms with Crippen LogP contribution < -0.4 is 5.43 Å². The first-order valence-electron chi connectivity index (χ1n) is 8.63. The van der Waals surface area contributed by atoms with Crippen LogP contribution in [0.3, 0.4) is 0 Å². The third-order valence-electron chi connectivity index (χ3n) is 4.86. The van der Waals surface area contributed by atoms with Crippen molar-refractivity contribution in [3.63, 3.8) is 0 Å². The lowest BCUT2D eigenvalue weighted by Crippen LogP contribution is -2.45. The van der Waals surface area contributed by atoms with Gasteiger partial charge in [0.25, 0.3) is 5.91 Å². The van der Waals surface area contributed by atoms with Crippen molar-refractivity contribution < 1.29 is 14.0 Å². The fourth-order valence-corrected chi connectivity index (χ4v) is 3.62. The second-order valence-corrected chi connectivity index (χ2v) is 6.50. The van der Waals surface area contributed by atoms with Crippen molar-refractivity contribution in [1.82, 2.24) is 10.3 Å². The molecule has 1 N–H and O–H groups in total. The zero-order valence-electron chi connectivity index (χ0n) is 14.1. The Morgan fingerprint density at radius 1 is 1.12 bits per heavy atom. The van der Waals surface area contributed by atoms with Crippen molar-refractivity contribution in [1.29, 1.82) is 0 Å². The predicted molar refractivity (Wildman–Crippen MR) is 94.9 cm³/mol. The van der Waals surface area contributed by atoms with Gasteiger partial charge in [0.15, 0.2) is 0 Å². The summed E-state index contributed by atoms with van der Waals surface area (Å²) in [6.07, 6.45) is 1.30. The fraction of sp³-hybridized carbons (Fsp3) is 0.250. The van der Waals surface area contributed by atoms with E-state index in [0.29, 0.717) is 18.7 Å². The summed E-state index contributed by atoms with van der Waals surface area (Å²) in [6.45, 7) is 0.518. The number of carbonyl (C=O) groups excluding carboxylic acids is 2. The molecule has 26 heavy (non-hydrogen) atoms. The normalized spacial score (nSPS) is 19.4. The number of nitrogens with one attached hydrogen (secondary N) is 1. The van der Waals surface area contributed by atoms with Crippen LogP contribution in [0.2, 0.25) is 0 Å². The number of hydrogen-bond donors (Lipinski definition) is 1. The van der Waals surface area contributed by atoms with Gasteiger partial charge in [0.1, 0.15) is 11.5 Å². The van der Waals surface area contributed by atoms with Crippen molar-refractivity contribution in [2.45, 2.75) is 25.3 Å². The average Bonchev–Trinajstić information content (AvgIpc) is 2.67. The summed E-state index contributed by atoms with van der Waals surface area (Å²) in [4.78, 5) is 26.1. The topological polar surface area (TPSA) is 61.8 Å². The molecule has 0 radical (unpaired) electrons. The van der Waals surface area contributed by atoms with E-state index in [9.17, 15) is 14.0 Å². The second-order valence-electron chi connectivity index (χ2n) is 6.50. The summed E-state index contributed by atoms with van der Waals surface area (Å²) in [6, 6.07) is 13.9. The Kier molecular flexibility index (Phi) is 4.24. The molecular weight excluding hydrogens is 333 g/mol. The van der Waals surface area contributed by atoms with Crippen LogP contribution in [-0.2, 0) is 16.0 Å². The Morgan fingerprint density at radius 3 is 2.73 bits per heavy atom. The van der Waals surface area contributed by atoms with E-state index in [0.717, 1.165) is 23.1 Å². The molecule has 0 bridgehead atoms. The number of hydrazone groups is 1. The Morgan fingerprint density at radius 2 is 1.96 bits per heavy atom. The molecule has 0 aromatic heterocycles. The highest BCUT2D eigenvalue weighted by Gasteiger charge is 2.34. The molecule has 0 saturated heterocycles. The van der Waals surface area contributed by atoms with Gasteiger partial charge in [-0.15, -0.1) is 0 Å². The number of fused-ring (bicyclic) bond motifs is 1. The van der Waals surface area contributed by atoms with Gasteiger partial charge in [-0.25, -0.2) is 9.82 Å². The van der Waals surface area contributed by atoms with Crippen LogP contribution in [0.1, 0.15) is 35.6 Å². The van der Waals surface area contributed by atoms with Gasteiger partial charge >= 0.3 is 0 Å². The summed E-state index contributed by atoms with van der Waals surface area (Å²) < 4.78 is 13.8. The van der Waals surface area contributed by atoms with E-state index in [-0.39, 0.29) is 30.1 Å². The zero-order chi connectivity index (χ0) is 18.1. The molecule has 2 amide bonds. The Balaban J connectivity index is 1.76. The Hall–Kier alpha value is -3.02. The van der Waals surface area contributed by atoms with Crippen LogP contribution in [0.15, 0.2) is 53.6 Å². The molecule has 4 rings (SSSR count). The van der Waals surface area contributed by atoms with Gasteiger partial charge in [0.05, 0.1) is 6.04 Å². The maximum absolute atomic E-state index is 13.8. The third kappa shape index (κ3) is 2.98. The summed E-state index contributed by atoms with van der Waals surface area (Å²) in [5.41, 5.74) is 5.60. The van der Waals surface area contributed by atoms with Crippen LogP contribution in [-0.4, -0.2) is 29.0 Å². The smallest absolute Gasteiger partial charge is 0.270 e. The minimum Gasteiger partial charge on any atom is -0.326 e. The molecule has 0 saturated carbocycles. The number of amides is 2. The zero-order valence-corrected chi connectivity index (χ0v) is 14.1. The molecule has 1 unspecified atom stereocenters. The average molecular weight is 351 g/mol. The van der Waals surface area contributed by atoms with E-state index in [1.165, 1.54) is 12.1 Å². The van der Waals surface area contributed by atoms with Crippen molar-refractivity contribution >= 4 is 17.5 Å². The van der Waals surface area contributed by atoms with E-state index >= 15 is 0 Å². The van der Waals surface area contributed by atoms with Crippen LogP contribution in [0, 0.1) is 5.82 Å². The molecule has 0 spiro atoms. The van der Waals surface area contributed by atoms with Crippen molar-refractivity contribution in [2.75, 3.05) is 6.54 Å². The quantitative estimate of drug-likeness (QED) is 0.904. The van der Waals surface area contributed by atoms with E-state index in [1.54, 1.807) is 11.0 Å². The van der Waals surface area contributed by atoms with E-state index < -0.39 is 0 Å². The Bertz CT molecular complexity index is 909. The second kappa shape index (κ2) is 6.71. The predicted octanol–water partition coefficient (Wildman–Crippen LogP) is 2.57. The number of carbonyl (C=O) groups is 2. The first kappa shape index (κ1) is 16.4. The minimum absolute atomic E-state index is 0.188. The number of nitrogens with zero attached hydrogens (tertiary/aromatic N) is 2. The highest BCUT2D eigenvalue weighted by Crippen LogP contribution is 2.35. The number of hydrogen-bond acceptors (Lipinski definition) is 3. The summed E-state index contributed by atoms with van der Waals surface area (Å²) in [5, 5.41) is 3.94. The molecule has 2 aromatic rings. The van der Waals surface area contributed by atoms with Crippen molar-refractivity contribution in [2.24, 2.45) is 5.10 Å². The molecule has 2 heterocycles. The van der Waals surface area contributed by atoms with Gasteiger partial charge in [0.2, 0.25) is 5.91 Å². The number of rotatable bonds is 2. The van der Waals surface area contributed by atoms with Crippen LogP contribution in [0.25, 0.3) is 0 Å². The van der Waals surface area contributed by atoms with Gasteiger partial charge in [-0.3, -0.25) is 9.59 Å². The molecule has 132 valence electrons. The molecule has 2 aliphatic heterocycles.